The van der Waals surface area contributed by atoms with Crippen LogP contribution in [0.25, 0.3) is 11.4 Å². The van der Waals surface area contributed by atoms with Gasteiger partial charge in [0.2, 0.25) is 5.91 Å². The smallest absolute Gasteiger partial charge is 0.237 e. The molecule has 0 bridgehead atoms. The van der Waals surface area contributed by atoms with Crippen LogP contribution in [-0.2, 0) is 11.3 Å². The van der Waals surface area contributed by atoms with Gasteiger partial charge in [0.25, 0.3) is 0 Å². The van der Waals surface area contributed by atoms with Crippen LogP contribution in [0, 0.1) is 5.82 Å². The van der Waals surface area contributed by atoms with E-state index in [2.05, 4.69) is 22.9 Å². The summed E-state index contributed by atoms with van der Waals surface area (Å²) in [5.74, 6) is 0.823. The van der Waals surface area contributed by atoms with Crippen molar-refractivity contribution in [3.63, 3.8) is 0 Å². The fourth-order valence-electron chi connectivity index (χ4n) is 3.67. The summed E-state index contributed by atoms with van der Waals surface area (Å²) in [6.45, 7) is 4.33. The Bertz CT molecular complexity index is 917. The van der Waals surface area contributed by atoms with E-state index in [1.807, 2.05) is 9.47 Å². The van der Waals surface area contributed by atoms with E-state index in [0.717, 1.165) is 37.7 Å². The fraction of sp³-hybridized carbons (Fsp3) is 0.409. The normalized spacial score (nSPS) is 16.4. The molecule has 0 saturated heterocycles. The third-order valence-electron chi connectivity index (χ3n) is 5.21. The Balaban J connectivity index is 1.50. The Morgan fingerprint density at radius 3 is 2.72 bits per heavy atom. The number of benzene rings is 1. The lowest BCUT2D eigenvalue weighted by Crippen LogP contribution is -2.34. The second-order valence-corrected chi connectivity index (χ2v) is 8.38. The maximum absolute atomic E-state index is 13.3. The number of allylic oxidation sites excluding steroid dienone is 3. The first-order valence-electron chi connectivity index (χ1n) is 10.1. The predicted octanol–water partition coefficient (Wildman–Crippen LogP) is 4.81. The second kappa shape index (κ2) is 8.95. The van der Waals surface area contributed by atoms with Gasteiger partial charge in [0.05, 0.1) is 5.75 Å². The summed E-state index contributed by atoms with van der Waals surface area (Å²) < 4.78 is 15.2. The molecule has 152 valence electrons. The van der Waals surface area contributed by atoms with Gasteiger partial charge in [0, 0.05) is 23.8 Å². The summed E-state index contributed by atoms with van der Waals surface area (Å²) in [4.78, 5) is 15.1. The Morgan fingerprint density at radius 1 is 1.28 bits per heavy atom. The van der Waals surface area contributed by atoms with E-state index < -0.39 is 0 Å². The number of hydrogen-bond acceptors (Lipinski definition) is 4. The van der Waals surface area contributed by atoms with Gasteiger partial charge in [-0.05, 0) is 62.8 Å². The van der Waals surface area contributed by atoms with Crippen LogP contribution in [0.1, 0.15) is 38.5 Å². The Labute approximate surface area is 174 Å². The molecule has 2 aliphatic rings. The lowest BCUT2D eigenvalue weighted by atomic mass is 10.0. The van der Waals surface area contributed by atoms with Crippen LogP contribution in [0.15, 0.2) is 53.8 Å². The van der Waals surface area contributed by atoms with E-state index in [4.69, 9.17) is 0 Å². The van der Waals surface area contributed by atoms with Crippen LogP contribution in [0.2, 0.25) is 0 Å². The quantitative estimate of drug-likeness (QED) is 0.461. The van der Waals surface area contributed by atoms with Crippen LogP contribution >= 0.6 is 11.8 Å². The topological polar surface area (TPSA) is 51.0 Å². The van der Waals surface area contributed by atoms with E-state index in [9.17, 15) is 9.18 Å². The number of carbonyl (C=O) groups is 1. The maximum Gasteiger partial charge on any atom is 0.237 e. The van der Waals surface area contributed by atoms with Gasteiger partial charge in [0.15, 0.2) is 11.0 Å². The monoisotopic (exact) mass is 412 g/mol. The van der Waals surface area contributed by atoms with Gasteiger partial charge in [0.1, 0.15) is 5.82 Å². The standard InChI is InChI=1S/C22H25FN4OS/c1-2-14-26-21(16-8-10-17(23)11-9-16)24-25-22(26)29-15-20(28)27(19-12-13-19)18-6-4-3-5-7-18/h2,6,8-11,19H,1,3-5,7,12-15H2. The van der Waals surface area contributed by atoms with Crippen LogP contribution < -0.4 is 0 Å². The van der Waals surface area contributed by atoms with Crippen LogP contribution in [0.4, 0.5) is 4.39 Å². The number of hydrogen-bond donors (Lipinski definition) is 0. The number of nitrogens with zero attached hydrogens (tertiary/aromatic N) is 4. The number of halogens is 1. The zero-order valence-electron chi connectivity index (χ0n) is 16.4. The number of aromatic nitrogens is 3. The minimum Gasteiger partial charge on any atom is -0.313 e. The molecule has 1 saturated carbocycles. The van der Waals surface area contributed by atoms with Crippen LogP contribution in [0.3, 0.4) is 0 Å². The largest absolute Gasteiger partial charge is 0.313 e. The van der Waals surface area contributed by atoms with E-state index in [0.29, 0.717) is 29.3 Å². The Hall–Kier alpha value is -2.41. The van der Waals surface area contributed by atoms with Gasteiger partial charge in [-0.2, -0.15) is 0 Å². The number of amides is 1. The Kier molecular flexibility index (Phi) is 6.13. The highest BCUT2D eigenvalue weighted by Crippen LogP contribution is 2.35. The molecule has 5 nitrogen and oxygen atoms in total. The van der Waals surface area contributed by atoms with Crippen molar-refractivity contribution < 1.29 is 9.18 Å². The summed E-state index contributed by atoms with van der Waals surface area (Å²) in [6, 6.07) is 6.55. The average molecular weight is 413 g/mol. The van der Waals surface area contributed by atoms with Gasteiger partial charge < -0.3 is 4.90 Å². The minimum atomic E-state index is -0.291. The van der Waals surface area contributed by atoms with Crippen molar-refractivity contribution in [3.05, 3.63) is 54.5 Å². The summed E-state index contributed by atoms with van der Waals surface area (Å²) in [7, 11) is 0. The van der Waals surface area contributed by atoms with Gasteiger partial charge in [-0.15, -0.1) is 16.8 Å². The molecule has 4 rings (SSSR count). The van der Waals surface area contributed by atoms with Crippen molar-refractivity contribution in [2.75, 3.05) is 5.75 Å². The molecular formula is C22H25FN4OS. The van der Waals surface area contributed by atoms with Crippen LogP contribution in [0.5, 0.6) is 0 Å². The van der Waals surface area contributed by atoms with Crippen molar-refractivity contribution in [2.45, 2.75) is 56.3 Å². The van der Waals surface area contributed by atoms with Gasteiger partial charge in [-0.3, -0.25) is 9.36 Å². The van der Waals surface area contributed by atoms with Crippen molar-refractivity contribution >= 4 is 17.7 Å². The average Bonchev–Trinajstić information content (AvgIpc) is 3.49. The number of thioether (sulfide) groups is 1. The summed E-state index contributed by atoms with van der Waals surface area (Å²) in [5, 5.41) is 9.24. The third kappa shape index (κ3) is 4.61. The molecular weight excluding hydrogens is 387 g/mol. The summed E-state index contributed by atoms with van der Waals surface area (Å²) in [5.41, 5.74) is 1.98. The highest BCUT2D eigenvalue weighted by Gasteiger charge is 2.35. The molecule has 7 heteroatoms. The molecule has 2 aromatic rings. The zero-order valence-corrected chi connectivity index (χ0v) is 17.2. The van der Waals surface area contributed by atoms with Gasteiger partial charge >= 0.3 is 0 Å². The molecule has 0 unspecified atom stereocenters. The Morgan fingerprint density at radius 2 is 2.07 bits per heavy atom. The SMILES string of the molecule is C=CCn1c(SCC(=O)N(C2=CCCCC2)C2CC2)nnc1-c1ccc(F)cc1. The molecule has 1 heterocycles. The molecule has 0 radical (unpaired) electrons. The van der Waals surface area contributed by atoms with Gasteiger partial charge in [-0.1, -0.05) is 23.9 Å². The molecule has 1 amide bonds. The first-order valence-corrected chi connectivity index (χ1v) is 11.1. The molecule has 29 heavy (non-hydrogen) atoms. The fourth-order valence-corrected chi connectivity index (χ4v) is 4.48. The molecule has 1 fully saturated rings. The van der Waals surface area contributed by atoms with Crippen molar-refractivity contribution in [1.82, 2.24) is 19.7 Å². The number of carbonyl (C=O) groups excluding carboxylic acids is 1. The summed E-state index contributed by atoms with van der Waals surface area (Å²) >= 11 is 1.40. The minimum absolute atomic E-state index is 0.141. The van der Waals surface area contributed by atoms with E-state index in [1.54, 1.807) is 18.2 Å². The summed E-state index contributed by atoms with van der Waals surface area (Å²) in [6.07, 6.45) is 10.6. The first-order chi connectivity index (χ1) is 14.2. The molecule has 0 spiro atoms. The molecule has 0 atom stereocenters. The molecule has 0 aliphatic heterocycles. The lowest BCUT2D eigenvalue weighted by Gasteiger charge is -2.27. The molecule has 2 aliphatic carbocycles. The second-order valence-electron chi connectivity index (χ2n) is 7.44. The molecule has 0 N–H and O–H groups in total. The predicted molar refractivity (Wildman–Crippen MR) is 113 cm³/mol. The lowest BCUT2D eigenvalue weighted by molar-refractivity contribution is -0.127. The van der Waals surface area contributed by atoms with Gasteiger partial charge in [-0.25, -0.2) is 4.39 Å². The maximum atomic E-state index is 13.3. The van der Waals surface area contributed by atoms with E-state index >= 15 is 0 Å². The van der Waals surface area contributed by atoms with Crippen LogP contribution in [-0.4, -0.2) is 37.4 Å². The third-order valence-corrected chi connectivity index (χ3v) is 6.16. The molecule has 1 aromatic carbocycles. The van der Waals surface area contributed by atoms with E-state index in [1.165, 1.54) is 36.0 Å². The van der Waals surface area contributed by atoms with Crippen molar-refractivity contribution in [2.24, 2.45) is 0 Å². The first kappa shape index (κ1) is 19.9. The number of rotatable bonds is 8. The van der Waals surface area contributed by atoms with E-state index in [-0.39, 0.29) is 11.7 Å². The highest BCUT2D eigenvalue weighted by molar-refractivity contribution is 7.99. The van der Waals surface area contributed by atoms with Crippen molar-refractivity contribution in [3.8, 4) is 11.4 Å². The van der Waals surface area contributed by atoms with Crippen molar-refractivity contribution in [1.29, 1.82) is 0 Å². The molecule has 1 aromatic heterocycles. The zero-order chi connectivity index (χ0) is 20.2. The highest BCUT2D eigenvalue weighted by atomic mass is 32.2.